The number of rotatable bonds is 8. The summed E-state index contributed by atoms with van der Waals surface area (Å²) in [6, 6.07) is 15.0. The van der Waals surface area contributed by atoms with Crippen LogP contribution in [0.2, 0.25) is 0 Å². The number of H-pyrrole nitrogens is 1. The number of aromatic amines is 1. The van der Waals surface area contributed by atoms with Crippen molar-refractivity contribution >= 4 is 17.5 Å². The normalized spacial score (nSPS) is 18.4. The van der Waals surface area contributed by atoms with Crippen molar-refractivity contribution in [3.8, 4) is 22.6 Å². The molecule has 0 saturated carbocycles. The van der Waals surface area contributed by atoms with E-state index >= 15 is 0 Å². The van der Waals surface area contributed by atoms with Crippen LogP contribution in [0.1, 0.15) is 24.6 Å². The molecule has 5 heterocycles. The van der Waals surface area contributed by atoms with Gasteiger partial charge in [0.05, 0.1) is 35.7 Å². The highest BCUT2D eigenvalue weighted by molar-refractivity contribution is 5.95. The van der Waals surface area contributed by atoms with Crippen LogP contribution < -0.4 is 10.6 Å². The second kappa shape index (κ2) is 11.8. The standard InChI is InChI=1S/C30H27FN8O3/c1-30(28(40)36-22-8-13-33-14-9-22)17-41-27(42-18-30)26-38-24(20-2-4-21(31)5-3-20)25(39-26)23-10-15-34-29(37-23)35-16-19-6-11-32-12-7-19/h2-15,27H,16-18H2,1H3,(H,38,39)(H,33,36,40)(H,34,35,37). The Morgan fingerprint density at radius 2 is 1.64 bits per heavy atom. The highest BCUT2D eigenvalue weighted by Gasteiger charge is 2.41. The van der Waals surface area contributed by atoms with Crippen LogP contribution >= 0.6 is 0 Å². The molecule has 0 atom stereocenters. The number of halogens is 1. The number of carbonyl (C=O) groups is 1. The minimum atomic E-state index is -0.920. The molecule has 1 saturated heterocycles. The molecule has 42 heavy (non-hydrogen) atoms. The van der Waals surface area contributed by atoms with Crippen LogP contribution in [0.5, 0.6) is 0 Å². The maximum absolute atomic E-state index is 13.7. The van der Waals surface area contributed by atoms with Gasteiger partial charge in [0.1, 0.15) is 5.82 Å². The molecule has 11 nitrogen and oxygen atoms in total. The van der Waals surface area contributed by atoms with Crippen molar-refractivity contribution in [1.82, 2.24) is 29.9 Å². The van der Waals surface area contributed by atoms with Gasteiger partial charge in [-0.1, -0.05) is 0 Å². The first-order valence-electron chi connectivity index (χ1n) is 13.2. The molecular formula is C30H27FN8O3. The van der Waals surface area contributed by atoms with E-state index in [0.29, 0.717) is 46.7 Å². The molecule has 212 valence electrons. The largest absolute Gasteiger partial charge is 0.350 e. The predicted octanol–water partition coefficient (Wildman–Crippen LogP) is 4.77. The summed E-state index contributed by atoms with van der Waals surface area (Å²) in [5.74, 6) is 0.230. The average molecular weight is 567 g/mol. The molecule has 1 aromatic carbocycles. The minimum absolute atomic E-state index is 0.104. The number of anilines is 2. The van der Waals surface area contributed by atoms with E-state index in [2.05, 4.69) is 35.6 Å². The van der Waals surface area contributed by atoms with Gasteiger partial charge in [-0.25, -0.2) is 19.3 Å². The Balaban J connectivity index is 1.24. The summed E-state index contributed by atoms with van der Waals surface area (Å²) in [4.78, 5) is 38.1. The fourth-order valence-corrected chi connectivity index (χ4v) is 4.39. The van der Waals surface area contributed by atoms with E-state index in [0.717, 1.165) is 5.56 Å². The van der Waals surface area contributed by atoms with Crippen molar-refractivity contribution in [3.05, 3.63) is 103 Å². The molecule has 6 rings (SSSR count). The van der Waals surface area contributed by atoms with Gasteiger partial charge in [0, 0.05) is 48.8 Å². The summed E-state index contributed by atoms with van der Waals surface area (Å²) >= 11 is 0. The Labute approximate surface area is 240 Å². The van der Waals surface area contributed by atoms with Crippen molar-refractivity contribution < 1.29 is 18.7 Å². The molecule has 4 aromatic heterocycles. The molecule has 1 aliphatic heterocycles. The number of amides is 1. The molecule has 1 fully saturated rings. The monoisotopic (exact) mass is 566 g/mol. The number of pyridine rings is 2. The smallest absolute Gasteiger partial charge is 0.235 e. The third-order valence-corrected chi connectivity index (χ3v) is 6.77. The van der Waals surface area contributed by atoms with Gasteiger partial charge < -0.3 is 25.1 Å². The van der Waals surface area contributed by atoms with Gasteiger partial charge in [-0.15, -0.1) is 0 Å². The van der Waals surface area contributed by atoms with E-state index in [9.17, 15) is 9.18 Å². The number of ether oxygens (including phenoxy) is 2. The van der Waals surface area contributed by atoms with Crippen molar-refractivity contribution in [1.29, 1.82) is 0 Å². The number of carbonyl (C=O) groups excluding carboxylic acids is 1. The topological polar surface area (TPSA) is 140 Å². The highest BCUT2D eigenvalue weighted by Crippen LogP contribution is 2.36. The molecule has 0 spiro atoms. The Hall–Kier alpha value is -5.07. The lowest BCUT2D eigenvalue weighted by Crippen LogP contribution is -2.45. The minimum Gasteiger partial charge on any atom is -0.350 e. The SMILES string of the molecule is CC1(C(=O)Nc2ccncc2)COC(c2nc(-c3ccc(F)cc3)c(-c3ccnc(NCc4ccncc4)n3)[nH]2)OC1. The van der Waals surface area contributed by atoms with E-state index < -0.39 is 11.7 Å². The van der Waals surface area contributed by atoms with Gasteiger partial charge in [-0.2, -0.15) is 0 Å². The number of imidazole rings is 1. The van der Waals surface area contributed by atoms with E-state index in [4.69, 9.17) is 14.5 Å². The second-order valence-electron chi connectivity index (χ2n) is 10.0. The molecule has 0 radical (unpaired) electrons. The molecule has 1 amide bonds. The van der Waals surface area contributed by atoms with Gasteiger partial charge in [0.15, 0.2) is 5.82 Å². The first-order chi connectivity index (χ1) is 20.5. The first kappa shape index (κ1) is 27.1. The van der Waals surface area contributed by atoms with E-state index in [1.54, 1.807) is 68.2 Å². The number of benzene rings is 1. The van der Waals surface area contributed by atoms with Gasteiger partial charge in [-0.3, -0.25) is 14.8 Å². The van der Waals surface area contributed by atoms with Crippen LogP contribution in [-0.4, -0.2) is 49.0 Å². The number of hydrogen-bond donors (Lipinski definition) is 3. The van der Waals surface area contributed by atoms with Crippen LogP contribution in [0.15, 0.2) is 85.6 Å². The second-order valence-corrected chi connectivity index (χ2v) is 10.0. The summed E-state index contributed by atoms with van der Waals surface area (Å²) in [5, 5.41) is 6.10. The van der Waals surface area contributed by atoms with Crippen molar-refractivity contribution in [2.24, 2.45) is 5.41 Å². The van der Waals surface area contributed by atoms with E-state index in [-0.39, 0.29) is 24.9 Å². The van der Waals surface area contributed by atoms with Crippen LogP contribution in [0.25, 0.3) is 22.6 Å². The van der Waals surface area contributed by atoms with Crippen LogP contribution in [0.4, 0.5) is 16.0 Å². The Morgan fingerprint density at radius 1 is 0.952 bits per heavy atom. The summed E-state index contributed by atoms with van der Waals surface area (Å²) < 4.78 is 25.8. The number of hydrogen-bond acceptors (Lipinski definition) is 9. The fourth-order valence-electron chi connectivity index (χ4n) is 4.39. The number of nitrogens with zero attached hydrogens (tertiary/aromatic N) is 5. The van der Waals surface area contributed by atoms with Crippen molar-refractivity contribution in [2.75, 3.05) is 23.8 Å². The van der Waals surface area contributed by atoms with Gasteiger partial charge >= 0.3 is 0 Å². The summed E-state index contributed by atoms with van der Waals surface area (Å²) in [6.07, 6.45) is 7.44. The molecule has 5 aromatic rings. The average Bonchev–Trinajstić information content (AvgIpc) is 3.47. The Kier molecular flexibility index (Phi) is 7.62. The van der Waals surface area contributed by atoms with Crippen LogP contribution in [0.3, 0.4) is 0 Å². The van der Waals surface area contributed by atoms with Crippen LogP contribution in [-0.2, 0) is 20.8 Å². The van der Waals surface area contributed by atoms with Gasteiger partial charge in [0.2, 0.25) is 18.1 Å². The molecule has 0 bridgehead atoms. The maximum atomic E-state index is 13.7. The lowest BCUT2D eigenvalue weighted by atomic mass is 9.91. The zero-order chi connectivity index (χ0) is 28.9. The van der Waals surface area contributed by atoms with Crippen molar-refractivity contribution in [3.63, 3.8) is 0 Å². The van der Waals surface area contributed by atoms with Gasteiger partial charge in [-0.05, 0) is 67.1 Å². The summed E-state index contributed by atoms with van der Waals surface area (Å²) in [7, 11) is 0. The van der Waals surface area contributed by atoms with Gasteiger partial charge in [0.25, 0.3) is 0 Å². The lowest BCUT2D eigenvalue weighted by Gasteiger charge is -2.35. The van der Waals surface area contributed by atoms with E-state index in [1.807, 2.05) is 12.1 Å². The molecule has 12 heteroatoms. The summed E-state index contributed by atoms with van der Waals surface area (Å²) in [6.45, 7) is 2.50. The number of nitrogens with one attached hydrogen (secondary N) is 3. The van der Waals surface area contributed by atoms with Crippen LogP contribution in [0, 0.1) is 11.2 Å². The lowest BCUT2D eigenvalue weighted by molar-refractivity contribution is -0.229. The molecular weight excluding hydrogens is 539 g/mol. The molecule has 1 aliphatic rings. The predicted molar refractivity (Wildman–Crippen MR) is 152 cm³/mol. The molecule has 3 N–H and O–H groups in total. The van der Waals surface area contributed by atoms with Crippen molar-refractivity contribution in [2.45, 2.75) is 19.8 Å². The molecule has 0 unspecified atom stereocenters. The third-order valence-electron chi connectivity index (χ3n) is 6.77. The Bertz CT molecular complexity index is 1660. The molecule has 0 aliphatic carbocycles. The maximum Gasteiger partial charge on any atom is 0.235 e. The Morgan fingerprint density at radius 3 is 2.36 bits per heavy atom. The first-order valence-corrected chi connectivity index (χ1v) is 13.2. The van der Waals surface area contributed by atoms with E-state index in [1.165, 1.54) is 12.1 Å². The quantitative estimate of drug-likeness (QED) is 0.242. The zero-order valence-corrected chi connectivity index (χ0v) is 22.6. The zero-order valence-electron chi connectivity index (χ0n) is 22.6. The third kappa shape index (κ3) is 5.99. The highest BCUT2D eigenvalue weighted by atomic mass is 19.1. The summed E-state index contributed by atoms with van der Waals surface area (Å²) in [5.41, 5.74) is 3.12. The fraction of sp³-hybridized carbons (Fsp3) is 0.200. The number of aromatic nitrogens is 6.